The van der Waals surface area contributed by atoms with E-state index in [-0.39, 0.29) is 4.90 Å². The van der Waals surface area contributed by atoms with Gasteiger partial charge in [0.05, 0.1) is 10.4 Å². The summed E-state index contributed by atoms with van der Waals surface area (Å²) in [6.07, 6.45) is 6.28. The van der Waals surface area contributed by atoms with Gasteiger partial charge in [-0.3, -0.25) is 0 Å². The van der Waals surface area contributed by atoms with Crippen molar-refractivity contribution in [3.63, 3.8) is 0 Å². The molecular weight excluding hydrogens is 316 g/mol. The van der Waals surface area contributed by atoms with Crippen LogP contribution in [0.2, 0.25) is 0 Å². The molecule has 1 heterocycles. The highest BCUT2D eigenvalue weighted by Gasteiger charge is 2.38. The largest absolute Gasteiger partial charge is 0.335 e. The Bertz CT molecular complexity index is 821. The first-order valence-corrected chi connectivity index (χ1v) is 8.76. The molecule has 1 aliphatic carbocycles. The summed E-state index contributed by atoms with van der Waals surface area (Å²) in [6.45, 7) is 0. The van der Waals surface area contributed by atoms with Crippen LogP contribution in [-0.2, 0) is 15.6 Å². The van der Waals surface area contributed by atoms with Crippen molar-refractivity contribution in [1.82, 2.24) is 14.9 Å². The Morgan fingerprint density at radius 3 is 2.52 bits per heavy atom. The molecule has 0 saturated heterocycles. The van der Waals surface area contributed by atoms with Crippen molar-refractivity contribution in [2.75, 3.05) is 7.05 Å². The zero-order valence-electron chi connectivity index (χ0n) is 12.7. The molecule has 0 bridgehead atoms. The van der Waals surface area contributed by atoms with E-state index in [4.69, 9.17) is 10.3 Å². The summed E-state index contributed by atoms with van der Waals surface area (Å²) in [7, 11) is -2.04. The van der Waals surface area contributed by atoms with E-state index in [2.05, 4.69) is 14.9 Å². The van der Waals surface area contributed by atoms with Crippen molar-refractivity contribution in [2.45, 2.75) is 29.7 Å². The van der Waals surface area contributed by atoms with Crippen LogP contribution < -0.4 is 10.5 Å². The number of benzene rings is 1. The Kier molecular flexibility index (Phi) is 4.05. The molecular formula is C15H18N4O3S. The van der Waals surface area contributed by atoms with Gasteiger partial charge in [0, 0.05) is 6.08 Å². The van der Waals surface area contributed by atoms with Gasteiger partial charge in [-0.1, -0.05) is 17.3 Å². The Balaban J connectivity index is 1.73. The zero-order chi connectivity index (χ0) is 16.5. The van der Waals surface area contributed by atoms with Gasteiger partial charge in [0.15, 0.2) is 5.82 Å². The molecule has 0 radical (unpaired) electrons. The molecule has 0 spiro atoms. The van der Waals surface area contributed by atoms with E-state index in [1.165, 1.54) is 19.2 Å². The molecule has 23 heavy (non-hydrogen) atoms. The van der Waals surface area contributed by atoms with Gasteiger partial charge in [0.1, 0.15) is 0 Å². The van der Waals surface area contributed by atoms with Crippen molar-refractivity contribution >= 4 is 22.2 Å². The molecule has 1 saturated carbocycles. The highest BCUT2D eigenvalue weighted by molar-refractivity contribution is 7.89. The molecule has 0 unspecified atom stereocenters. The molecule has 1 fully saturated rings. The van der Waals surface area contributed by atoms with Crippen LogP contribution >= 0.6 is 0 Å². The lowest BCUT2D eigenvalue weighted by Crippen LogP contribution is -2.44. The lowest BCUT2D eigenvalue weighted by atomic mass is 9.77. The summed E-state index contributed by atoms with van der Waals surface area (Å²) in [4.78, 5) is 4.51. The molecule has 122 valence electrons. The second-order valence-corrected chi connectivity index (χ2v) is 7.46. The van der Waals surface area contributed by atoms with Crippen LogP contribution in [0.5, 0.6) is 0 Å². The summed E-state index contributed by atoms with van der Waals surface area (Å²) < 4.78 is 30.7. The van der Waals surface area contributed by atoms with Gasteiger partial charge in [-0.05, 0) is 50.1 Å². The highest BCUT2D eigenvalue weighted by Crippen LogP contribution is 2.36. The van der Waals surface area contributed by atoms with Crippen molar-refractivity contribution in [3.05, 3.63) is 41.5 Å². The van der Waals surface area contributed by atoms with Gasteiger partial charge in [0.2, 0.25) is 10.0 Å². The number of nitrogens with one attached hydrogen (secondary N) is 1. The minimum atomic E-state index is -3.42. The first-order valence-electron chi connectivity index (χ1n) is 7.28. The maximum atomic E-state index is 11.6. The van der Waals surface area contributed by atoms with Gasteiger partial charge < -0.3 is 10.3 Å². The van der Waals surface area contributed by atoms with Crippen LogP contribution in [0.15, 0.2) is 33.7 Å². The van der Waals surface area contributed by atoms with Crippen LogP contribution in [0.3, 0.4) is 0 Å². The van der Waals surface area contributed by atoms with Crippen LogP contribution in [0, 0.1) is 0 Å². The summed E-state index contributed by atoms with van der Waals surface area (Å²) in [5, 5.41) is 3.93. The van der Waals surface area contributed by atoms with Gasteiger partial charge >= 0.3 is 0 Å². The van der Waals surface area contributed by atoms with Gasteiger partial charge in [-0.25, -0.2) is 13.1 Å². The molecule has 8 heteroatoms. The maximum absolute atomic E-state index is 11.6. The van der Waals surface area contributed by atoms with E-state index >= 15 is 0 Å². The number of sulfonamides is 1. The number of nitrogens with zero attached hydrogens (tertiary/aromatic N) is 2. The van der Waals surface area contributed by atoms with Crippen LogP contribution in [0.4, 0.5) is 0 Å². The number of rotatable bonds is 5. The minimum absolute atomic E-state index is 0.215. The summed E-state index contributed by atoms with van der Waals surface area (Å²) in [6, 6.07) is 6.48. The summed E-state index contributed by atoms with van der Waals surface area (Å²) in [5.74, 6) is 0.919. The second-order valence-electron chi connectivity index (χ2n) is 5.58. The third kappa shape index (κ3) is 3.19. The van der Waals surface area contributed by atoms with E-state index in [0.29, 0.717) is 11.7 Å². The Morgan fingerprint density at radius 1 is 1.26 bits per heavy atom. The number of hydrogen-bond donors (Lipinski definition) is 2. The van der Waals surface area contributed by atoms with Gasteiger partial charge in [-0.2, -0.15) is 4.98 Å². The van der Waals surface area contributed by atoms with E-state index in [1.807, 2.05) is 0 Å². The van der Waals surface area contributed by atoms with Crippen molar-refractivity contribution in [2.24, 2.45) is 5.73 Å². The fourth-order valence-corrected chi connectivity index (χ4v) is 3.06. The first-order chi connectivity index (χ1) is 10.9. The van der Waals surface area contributed by atoms with Crippen LogP contribution in [0.1, 0.15) is 36.5 Å². The average molecular weight is 334 g/mol. The number of nitrogens with two attached hydrogens (primary N) is 1. The van der Waals surface area contributed by atoms with Crippen molar-refractivity contribution in [1.29, 1.82) is 0 Å². The quantitative estimate of drug-likeness (QED) is 0.857. The summed E-state index contributed by atoms with van der Waals surface area (Å²) >= 11 is 0. The van der Waals surface area contributed by atoms with Crippen molar-refractivity contribution < 1.29 is 12.9 Å². The fourth-order valence-electron chi connectivity index (χ4n) is 2.33. The van der Waals surface area contributed by atoms with E-state index in [9.17, 15) is 8.42 Å². The zero-order valence-corrected chi connectivity index (χ0v) is 13.5. The molecule has 0 amide bonds. The Hall–Kier alpha value is -2.03. The topological polar surface area (TPSA) is 111 Å². The molecule has 0 atom stereocenters. The maximum Gasteiger partial charge on any atom is 0.250 e. The molecule has 1 aliphatic rings. The molecule has 3 rings (SSSR count). The lowest BCUT2D eigenvalue weighted by Gasteiger charge is -2.34. The Morgan fingerprint density at radius 2 is 1.96 bits per heavy atom. The summed E-state index contributed by atoms with van der Waals surface area (Å²) in [5.41, 5.74) is 6.52. The predicted octanol–water partition coefficient (Wildman–Crippen LogP) is 1.49. The standard InChI is InChI=1S/C15H18N4O3S/c1-17-23(20,21)12-6-3-11(4-7-12)5-8-13-18-14(19-22-13)15(16)9-2-10-15/h3-8,17H,2,9-10,16H2,1H3/b8-5+. The third-order valence-corrected chi connectivity index (χ3v) is 5.44. The lowest BCUT2D eigenvalue weighted by molar-refractivity contribution is 0.229. The predicted molar refractivity (Wildman–Crippen MR) is 85.6 cm³/mol. The molecule has 1 aromatic carbocycles. The first kappa shape index (κ1) is 15.9. The third-order valence-electron chi connectivity index (χ3n) is 4.01. The smallest absolute Gasteiger partial charge is 0.250 e. The minimum Gasteiger partial charge on any atom is -0.335 e. The molecule has 0 aliphatic heterocycles. The van der Waals surface area contributed by atoms with Gasteiger partial charge in [-0.15, -0.1) is 0 Å². The molecule has 3 N–H and O–H groups in total. The fraction of sp³-hybridized carbons (Fsp3) is 0.333. The average Bonchev–Trinajstić information content (AvgIpc) is 3.00. The van der Waals surface area contributed by atoms with E-state index in [0.717, 1.165) is 24.8 Å². The monoisotopic (exact) mass is 334 g/mol. The normalized spacial score (nSPS) is 17.3. The number of hydrogen-bond acceptors (Lipinski definition) is 6. The van der Waals surface area contributed by atoms with Crippen LogP contribution in [0.25, 0.3) is 12.2 Å². The molecule has 2 aromatic rings. The SMILES string of the molecule is CNS(=O)(=O)c1ccc(/C=C/c2nc(C3(N)CCC3)no2)cc1. The molecule has 1 aromatic heterocycles. The number of aromatic nitrogens is 2. The van der Waals surface area contributed by atoms with Gasteiger partial charge in [0.25, 0.3) is 5.89 Å². The molecule has 7 nitrogen and oxygen atoms in total. The van der Waals surface area contributed by atoms with Crippen molar-refractivity contribution in [3.8, 4) is 0 Å². The Labute approximate surface area is 134 Å². The van der Waals surface area contributed by atoms with E-state index < -0.39 is 15.6 Å². The van der Waals surface area contributed by atoms with Crippen LogP contribution in [-0.4, -0.2) is 25.6 Å². The highest BCUT2D eigenvalue weighted by atomic mass is 32.2. The second kappa shape index (κ2) is 5.88. The van der Waals surface area contributed by atoms with E-state index in [1.54, 1.807) is 24.3 Å².